The minimum atomic E-state index is -1.30. The van der Waals surface area contributed by atoms with Crippen molar-refractivity contribution in [1.82, 2.24) is 19.4 Å². The second-order valence-electron chi connectivity index (χ2n) is 11.4. The number of likely N-dealkylation sites (tertiary alicyclic amines) is 1. The van der Waals surface area contributed by atoms with E-state index in [-0.39, 0.29) is 16.5 Å². The Kier molecular flexibility index (Phi) is 6.92. The summed E-state index contributed by atoms with van der Waals surface area (Å²) in [5.74, 6) is -2.87. The average molecular weight is 575 g/mol. The Labute approximate surface area is 241 Å². The van der Waals surface area contributed by atoms with Crippen molar-refractivity contribution in [1.29, 1.82) is 0 Å². The lowest BCUT2D eigenvalue weighted by molar-refractivity contribution is 0.0694. The van der Waals surface area contributed by atoms with E-state index in [1.807, 2.05) is 4.90 Å². The number of pyridine rings is 3. The van der Waals surface area contributed by atoms with E-state index < -0.39 is 23.0 Å². The molecule has 0 radical (unpaired) electrons. The molecule has 1 aliphatic carbocycles. The fourth-order valence-corrected chi connectivity index (χ4v) is 6.35. The lowest BCUT2D eigenvalue weighted by Gasteiger charge is -2.29. The highest BCUT2D eigenvalue weighted by Crippen LogP contribution is 2.49. The van der Waals surface area contributed by atoms with Crippen molar-refractivity contribution in [3.05, 3.63) is 69.4 Å². The van der Waals surface area contributed by atoms with Crippen LogP contribution in [0.15, 0.2) is 35.5 Å². The number of carboxylic acids is 1. The van der Waals surface area contributed by atoms with Gasteiger partial charge in [-0.1, -0.05) is 0 Å². The molecule has 6 rings (SSSR count). The summed E-state index contributed by atoms with van der Waals surface area (Å²) >= 11 is 0. The zero-order valence-corrected chi connectivity index (χ0v) is 24.0. The van der Waals surface area contributed by atoms with E-state index in [0.717, 1.165) is 32.0 Å². The normalized spacial score (nSPS) is 15.1. The van der Waals surface area contributed by atoms with E-state index in [1.165, 1.54) is 6.20 Å². The standard InChI is InChI=1S/C31H32F2N6O3/c1-34-23-11-22(32)27(33)25-18(23)10-24-26(25)28(37(2)3)20(13-35-24)17-9-19-29(40)21(31(41)42)15-39(30(19)36-12-17)14-16-5-7-38(4)8-6-16/h9,11-13,15-16,34H,5-8,10,14H2,1-4H3,(H,41,42). The number of hydrogen-bond acceptors (Lipinski definition) is 7. The summed E-state index contributed by atoms with van der Waals surface area (Å²) in [4.78, 5) is 38.9. The maximum Gasteiger partial charge on any atom is 0.341 e. The van der Waals surface area contributed by atoms with Gasteiger partial charge in [0.15, 0.2) is 11.6 Å². The molecule has 2 N–H and O–H groups in total. The number of anilines is 2. The Balaban J connectivity index is 1.54. The Morgan fingerprint density at radius 3 is 2.55 bits per heavy atom. The minimum absolute atomic E-state index is 0.162. The van der Waals surface area contributed by atoms with E-state index in [2.05, 4.69) is 27.2 Å². The fraction of sp³-hybridized carbons (Fsp3) is 0.355. The molecule has 2 aliphatic rings. The predicted octanol–water partition coefficient (Wildman–Crippen LogP) is 4.46. The van der Waals surface area contributed by atoms with Crippen LogP contribution in [0.1, 0.15) is 34.5 Å². The summed E-state index contributed by atoms with van der Waals surface area (Å²) in [6.45, 7) is 2.46. The van der Waals surface area contributed by atoms with Crippen molar-refractivity contribution in [2.75, 3.05) is 51.5 Å². The van der Waals surface area contributed by atoms with Crippen LogP contribution in [0.5, 0.6) is 0 Å². The summed E-state index contributed by atoms with van der Waals surface area (Å²) in [7, 11) is 7.35. The zero-order chi connectivity index (χ0) is 29.9. The van der Waals surface area contributed by atoms with Crippen LogP contribution in [-0.2, 0) is 13.0 Å². The van der Waals surface area contributed by atoms with Crippen LogP contribution in [0, 0.1) is 17.6 Å². The molecule has 4 heterocycles. The second kappa shape index (κ2) is 10.5. The van der Waals surface area contributed by atoms with Crippen molar-refractivity contribution in [3.8, 4) is 22.3 Å². The molecule has 1 fully saturated rings. The van der Waals surface area contributed by atoms with Crippen molar-refractivity contribution in [3.63, 3.8) is 0 Å². The number of hydrogen-bond donors (Lipinski definition) is 2. The molecule has 0 atom stereocenters. The number of halogens is 2. The Hall–Kier alpha value is -4.38. The van der Waals surface area contributed by atoms with Crippen molar-refractivity contribution >= 4 is 28.4 Å². The van der Waals surface area contributed by atoms with Gasteiger partial charge in [0.25, 0.3) is 0 Å². The molecule has 0 amide bonds. The van der Waals surface area contributed by atoms with Crippen molar-refractivity contribution in [2.45, 2.75) is 25.8 Å². The number of nitrogens with one attached hydrogen (secondary N) is 1. The molecule has 0 saturated carbocycles. The Bertz CT molecular complexity index is 1810. The van der Waals surface area contributed by atoms with Gasteiger partial charge < -0.3 is 24.8 Å². The summed E-state index contributed by atoms with van der Waals surface area (Å²) in [6, 6.07) is 2.79. The average Bonchev–Trinajstić information content (AvgIpc) is 3.36. The van der Waals surface area contributed by atoms with E-state index in [9.17, 15) is 19.1 Å². The third-order valence-corrected chi connectivity index (χ3v) is 8.52. The Morgan fingerprint density at radius 2 is 1.88 bits per heavy atom. The first-order valence-electron chi connectivity index (χ1n) is 13.9. The highest BCUT2D eigenvalue weighted by atomic mass is 19.2. The van der Waals surface area contributed by atoms with Gasteiger partial charge in [-0.15, -0.1) is 0 Å². The molecule has 0 bridgehead atoms. The van der Waals surface area contributed by atoms with Crippen molar-refractivity contribution < 1.29 is 18.7 Å². The quantitative estimate of drug-likeness (QED) is 0.307. The summed E-state index contributed by atoms with van der Waals surface area (Å²) in [5, 5.41) is 13.0. The van der Waals surface area contributed by atoms with Gasteiger partial charge in [0.1, 0.15) is 11.2 Å². The smallest absolute Gasteiger partial charge is 0.341 e. The number of carboxylic acid groups (broad SMARTS) is 1. The van der Waals surface area contributed by atoms with Crippen LogP contribution >= 0.6 is 0 Å². The maximum absolute atomic E-state index is 15.4. The monoisotopic (exact) mass is 574 g/mol. The number of piperidine rings is 1. The summed E-state index contributed by atoms with van der Waals surface area (Å²) in [5.41, 5.74) is 3.53. The molecule has 4 aromatic rings. The molecule has 42 heavy (non-hydrogen) atoms. The van der Waals surface area contributed by atoms with E-state index in [4.69, 9.17) is 0 Å². The number of benzene rings is 1. The van der Waals surface area contributed by atoms with Gasteiger partial charge in [0.05, 0.1) is 16.8 Å². The predicted molar refractivity (Wildman–Crippen MR) is 158 cm³/mol. The van der Waals surface area contributed by atoms with Crippen LogP contribution in [-0.4, -0.2) is 71.8 Å². The fourth-order valence-electron chi connectivity index (χ4n) is 6.35. The van der Waals surface area contributed by atoms with Crippen LogP contribution in [0.25, 0.3) is 33.3 Å². The summed E-state index contributed by atoms with van der Waals surface area (Å²) < 4.78 is 31.8. The first-order chi connectivity index (χ1) is 20.1. The highest BCUT2D eigenvalue weighted by Gasteiger charge is 2.33. The van der Waals surface area contributed by atoms with E-state index in [1.54, 1.807) is 44.2 Å². The first-order valence-corrected chi connectivity index (χ1v) is 13.9. The number of fused-ring (bicyclic) bond motifs is 4. The van der Waals surface area contributed by atoms with Gasteiger partial charge >= 0.3 is 5.97 Å². The van der Waals surface area contributed by atoms with E-state index in [0.29, 0.717) is 63.9 Å². The van der Waals surface area contributed by atoms with Gasteiger partial charge in [-0.3, -0.25) is 9.78 Å². The second-order valence-corrected chi connectivity index (χ2v) is 11.4. The number of nitrogens with zero attached hydrogens (tertiary/aromatic N) is 5. The molecule has 218 valence electrons. The van der Waals surface area contributed by atoms with Crippen LogP contribution in [0.3, 0.4) is 0 Å². The molecule has 1 saturated heterocycles. The molecule has 1 aliphatic heterocycles. The topological polar surface area (TPSA) is 104 Å². The lowest BCUT2D eigenvalue weighted by Crippen LogP contribution is -2.32. The lowest BCUT2D eigenvalue weighted by atomic mass is 9.96. The van der Waals surface area contributed by atoms with Crippen LogP contribution in [0.4, 0.5) is 20.2 Å². The van der Waals surface area contributed by atoms with Gasteiger partial charge in [-0.05, 0) is 50.5 Å². The third-order valence-electron chi connectivity index (χ3n) is 8.52. The molecule has 1 aromatic carbocycles. The molecular weight excluding hydrogens is 542 g/mol. The van der Waals surface area contributed by atoms with Crippen LogP contribution in [0.2, 0.25) is 0 Å². The minimum Gasteiger partial charge on any atom is -0.477 e. The molecule has 0 spiro atoms. The molecule has 0 unspecified atom stereocenters. The molecular formula is C31H32F2N6O3. The van der Waals surface area contributed by atoms with Gasteiger partial charge in [0.2, 0.25) is 5.43 Å². The van der Waals surface area contributed by atoms with Crippen molar-refractivity contribution in [2.24, 2.45) is 5.92 Å². The van der Waals surface area contributed by atoms with Gasteiger partial charge in [-0.2, -0.15) is 0 Å². The first kappa shape index (κ1) is 27.8. The number of rotatable bonds is 6. The molecule has 9 nitrogen and oxygen atoms in total. The Morgan fingerprint density at radius 1 is 1.14 bits per heavy atom. The largest absolute Gasteiger partial charge is 0.477 e. The highest BCUT2D eigenvalue weighted by molar-refractivity contribution is 5.98. The number of carbonyl (C=O) groups is 1. The van der Waals surface area contributed by atoms with Crippen LogP contribution < -0.4 is 15.6 Å². The van der Waals surface area contributed by atoms with Gasteiger partial charge in [-0.25, -0.2) is 18.6 Å². The number of aromatic nitrogens is 3. The third kappa shape index (κ3) is 4.48. The number of aromatic carboxylic acids is 1. The van der Waals surface area contributed by atoms with E-state index >= 15 is 4.39 Å². The zero-order valence-electron chi connectivity index (χ0n) is 24.0. The molecule has 11 heteroatoms. The summed E-state index contributed by atoms with van der Waals surface area (Å²) in [6.07, 6.45) is 6.93. The van der Waals surface area contributed by atoms with Gasteiger partial charge in [0, 0.05) is 86.7 Å². The molecule has 3 aromatic heterocycles. The SMILES string of the molecule is CNc1cc(F)c(F)c2c1Cc1ncc(-c3cnc4c(c3)c(=O)c(C(=O)O)cn4CC3CCN(C)CC3)c(N(C)C)c1-2. The maximum atomic E-state index is 15.4.